The lowest BCUT2D eigenvalue weighted by Gasteiger charge is -2.39. The van der Waals surface area contributed by atoms with Crippen LogP contribution in [-0.4, -0.2) is 55.6 Å². The predicted molar refractivity (Wildman–Crippen MR) is 68.4 cm³/mol. The minimum absolute atomic E-state index is 0.435. The van der Waals surface area contributed by atoms with Crippen molar-refractivity contribution in [2.75, 3.05) is 39.8 Å². The summed E-state index contributed by atoms with van der Waals surface area (Å²) in [5, 5.41) is 0. The number of hydrogen-bond donors (Lipinski definition) is 1. The number of nitrogens with zero attached hydrogens (tertiary/aromatic N) is 2. The summed E-state index contributed by atoms with van der Waals surface area (Å²) in [6.07, 6.45) is 3.98. The van der Waals surface area contributed by atoms with E-state index in [2.05, 4.69) is 23.8 Å². The molecule has 0 aromatic carbocycles. The van der Waals surface area contributed by atoms with E-state index < -0.39 is 0 Å². The summed E-state index contributed by atoms with van der Waals surface area (Å²) in [7, 11) is 2.25. The molecule has 0 bridgehead atoms. The maximum absolute atomic E-state index is 6.06. The lowest BCUT2D eigenvalue weighted by atomic mass is 9.92. The van der Waals surface area contributed by atoms with Gasteiger partial charge in [0, 0.05) is 25.7 Å². The van der Waals surface area contributed by atoms with Crippen molar-refractivity contribution in [2.45, 2.75) is 32.2 Å². The number of rotatable bonds is 2. The molecule has 2 aliphatic rings. The molecule has 3 nitrogen and oxygen atoms in total. The Morgan fingerprint density at radius 1 is 1.19 bits per heavy atom. The van der Waals surface area contributed by atoms with Crippen LogP contribution in [0.4, 0.5) is 0 Å². The fourth-order valence-electron chi connectivity index (χ4n) is 3.20. The first-order valence-electron chi connectivity index (χ1n) is 6.81. The predicted octanol–water partition coefficient (Wildman–Crippen LogP) is 0.997. The van der Waals surface area contributed by atoms with E-state index in [4.69, 9.17) is 5.73 Å². The van der Waals surface area contributed by atoms with Gasteiger partial charge in [0.05, 0.1) is 0 Å². The molecule has 0 aromatic heterocycles. The Kier molecular flexibility index (Phi) is 4.22. The molecule has 0 amide bonds. The molecule has 3 unspecified atom stereocenters. The molecule has 2 fully saturated rings. The third kappa shape index (κ3) is 3.19. The summed E-state index contributed by atoms with van der Waals surface area (Å²) < 4.78 is 0. The minimum atomic E-state index is 0.435. The summed E-state index contributed by atoms with van der Waals surface area (Å²) >= 11 is 0. The van der Waals surface area contributed by atoms with Crippen LogP contribution in [0.1, 0.15) is 26.2 Å². The lowest BCUT2D eigenvalue weighted by molar-refractivity contribution is 0.110. The van der Waals surface area contributed by atoms with Crippen LogP contribution in [0.15, 0.2) is 0 Å². The van der Waals surface area contributed by atoms with Gasteiger partial charge in [0.15, 0.2) is 0 Å². The van der Waals surface area contributed by atoms with Crippen molar-refractivity contribution >= 4 is 0 Å². The molecular formula is C13H27N3. The fourth-order valence-corrected chi connectivity index (χ4v) is 3.20. The van der Waals surface area contributed by atoms with E-state index in [1.807, 2.05) is 0 Å². The Bertz CT molecular complexity index is 219. The van der Waals surface area contributed by atoms with Crippen LogP contribution in [0.2, 0.25) is 0 Å². The van der Waals surface area contributed by atoms with Gasteiger partial charge in [-0.1, -0.05) is 6.92 Å². The van der Waals surface area contributed by atoms with Gasteiger partial charge >= 0.3 is 0 Å². The van der Waals surface area contributed by atoms with Crippen LogP contribution >= 0.6 is 0 Å². The summed E-state index contributed by atoms with van der Waals surface area (Å²) in [6.45, 7) is 8.59. The van der Waals surface area contributed by atoms with Crippen molar-refractivity contribution < 1.29 is 0 Å². The number of piperidine rings is 2. The quantitative estimate of drug-likeness (QED) is 0.761. The monoisotopic (exact) mass is 225 g/mol. The molecule has 3 heteroatoms. The molecule has 94 valence electrons. The van der Waals surface area contributed by atoms with Crippen molar-refractivity contribution in [3.05, 3.63) is 0 Å². The molecule has 2 rings (SSSR count). The zero-order chi connectivity index (χ0) is 11.5. The first kappa shape index (κ1) is 12.3. The Balaban J connectivity index is 1.76. The largest absolute Gasteiger partial charge is 0.327 e. The second-order valence-corrected chi connectivity index (χ2v) is 5.96. The Morgan fingerprint density at radius 3 is 2.69 bits per heavy atom. The summed E-state index contributed by atoms with van der Waals surface area (Å²) in [5.74, 6) is 1.57. The van der Waals surface area contributed by atoms with Gasteiger partial charge in [0.25, 0.3) is 0 Å². The van der Waals surface area contributed by atoms with E-state index in [9.17, 15) is 0 Å². The van der Waals surface area contributed by atoms with Crippen molar-refractivity contribution in [3.8, 4) is 0 Å². The third-order valence-electron chi connectivity index (χ3n) is 4.29. The molecule has 3 atom stereocenters. The Labute approximate surface area is 100.0 Å². The van der Waals surface area contributed by atoms with Crippen LogP contribution in [0.5, 0.6) is 0 Å². The van der Waals surface area contributed by atoms with E-state index in [0.29, 0.717) is 12.0 Å². The van der Waals surface area contributed by atoms with Crippen molar-refractivity contribution in [1.82, 2.24) is 9.80 Å². The average molecular weight is 225 g/mol. The molecule has 16 heavy (non-hydrogen) atoms. The topological polar surface area (TPSA) is 32.5 Å². The molecular weight excluding hydrogens is 198 g/mol. The van der Waals surface area contributed by atoms with Crippen LogP contribution in [-0.2, 0) is 0 Å². The molecule has 2 aliphatic heterocycles. The minimum Gasteiger partial charge on any atom is -0.327 e. The number of hydrogen-bond acceptors (Lipinski definition) is 3. The highest BCUT2D eigenvalue weighted by atomic mass is 15.2. The molecule has 0 aliphatic carbocycles. The second kappa shape index (κ2) is 5.48. The standard InChI is InChI=1S/C13H27N3/c1-11-8-16(7-5-13(11)14)10-12-4-3-6-15(2)9-12/h11-13H,3-10,14H2,1-2H3. The van der Waals surface area contributed by atoms with Crippen LogP contribution in [0, 0.1) is 11.8 Å². The van der Waals surface area contributed by atoms with E-state index in [1.165, 1.54) is 52.0 Å². The average Bonchev–Trinajstić information content (AvgIpc) is 2.24. The summed E-state index contributed by atoms with van der Waals surface area (Å²) in [6, 6.07) is 0.435. The van der Waals surface area contributed by atoms with Crippen molar-refractivity contribution in [2.24, 2.45) is 17.6 Å². The fraction of sp³-hybridized carbons (Fsp3) is 1.00. The maximum atomic E-state index is 6.06. The van der Waals surface area contributed by atoms with Gasteiger partial charge in [-0.15, -0.1) is 0 Å². The lowest BCUT2D eigenvalue weighted by Crippen LogP contribution is -2.48. The SMILES string of the molecule is CC1CN(CC2CCCN(C)C2)CCC1N. The highest BCUT2D eigenvalue weighted by molar-refractivity contribution is 4.82. The normalized spacial score (nSPS) is 38.8. The molecule has 2 N–H and O–H groups in total. The zero-order valence-electron chi connectivity index (χ0n) is 10.9. The van der Waals surface area contributed by atoms with E-state index in [1.54, 1.807) is 0 Å². The van der Waals surface area contributed by atoms with Gasteiger partial charge in [0.1, 0.15) is 0 Å². The third-order valence-corrected chi connectivity index (χ3v) is 4.29. The van der Waals surface area contributed by atoms with Gasteiger partial charge in [0.2, 0.25) is 0 Å². The van der Waals surface area contributed by atoms with Gasteiger partial charge in [-0.3, -0.25) is 0 Å². The van der Waals surface area contributed by atoms with Gasteiger partial charge in [-0.05, 0) is 51.2 Å². The van der Waals surface area contributed by atoms with E-state index >= 15 is 0 Å². The zero-order valence-corrected chi connectivity index (χ0v) is 10.9. The molecule has 2 heterocycles. The van der Waals surface area contributed by atoms with E-state index in [0.717, 1.165) is 5.92 Å². The van der Waals surface area contributed by atoms with Crippen molar-refractivity contribution in [3.63, 3.8) is 0 Å². The molecule has 2 saturated heterocycles. The highest BCUT2D eigenvalue weighted by Crippen LogP contribution is 2.20. The molecule has 0 saturated carbocycles. The Hall–Kier alpha value is -0.120. The molecule has 0 spiro atoms. The number of nitrogens with two attached hydrogens (primary N) is 1. The molecule has 0 aromatic rings. The summed E-state index contributed by atoms with van der Waals surface area (Å²) in [5.41, 5.74) is 6.06. The smallest absolute Gasteiger partial charge is 0.00889 e. The maximum Gasteiger partial charge on any atom is 0.00889 e. The van der Waals surface area contributed by atoms with Gasteiger partial charge in [-0.2, -0.15) is 0 Å². The van der Waals surface area contributed by atoms with Gasteiger partial charge in [-0.25, -0.2) is 0 Å². The van der Waals surface area contributed by atoms with Crippen LogP contribution < -0.4 is 5.73 Å². The first-order valence-corrected chi connectivity index (χ1v) is 6.81. The van der Waals surface area contributed by atoms with Crippen molar-refractivity contribution in [1.29, 1.82) is 0 Å². The summed E-state index contributed by atoms with van der Waals surface area (Å²) in [4.78, 5) is 5.12. The van der Waals surface area contributed by atoms with E-state index in [-0.39, 0.29) is 0 Å². The number of likely N-dealkylation sites (tertiary alicyclic amines) is 2. The Morgan fingerprint density at radius 2 is 2.00 bits per heavy atom. The van der Waals surface area contributed by atoms with Crippen LogP contribution in [0.25, 0.3) is 0 Å². The highest BCUT2D eigenvalue weighted by Gasteiger charge is 2.26. The van der Waals surface area contributed by atoms with Gasteiger partial charge < -0.3 is 15.5 Å². The van der Waals surface area contributed by atoms with Crippen LogP contribution in [0.3, 0.4) is 0 Å². The first-order chi connectivity index (χ1) is 7.65. The molecule has 0 radical (unpaired) electrons. The second-order valence-electron chi connectivity index (χ2n) is 5.96.